The SMILES string of the molecule is O=C(/C=C/c1ccc([N+](=O)[O-])cc1)c1cc(OC2CCCCO2)ccc1OC1CCCCO1. The lowest BCUT2D eigenvalue weighted by Crippen LogP contribution is -2.26. The summed E-state index contributed by atoms with van der Waals surface area (Å²) in [7, 11) is 0. The van der Waals surface area contributed by atoms with Gasteiger partial charge < -0.3 is 18.9 Å². The number of hydrogen-bond donors (Lipinski definition) is 0. The molecule has 0 N–H and O–H groups in total. The van der Waals surface area contributed by atoms with Gasteiger partial charge in [-0.15, -0.1) is 0 Å². The summed E-state index contributed by atoms with van der Waals surface area (Å²) in [5, 5.41) is 10.8. The summed E-state index contributed by atoms with van der Waals surface area (Å²) < 4.78 is 23.3. The molecule has 0 saturated carbocycles. The molecule has 33 heavy (non-hydrogen) atoms. The van der Waals surface area contributed by atoms with Crippen molar-refractivity contribution in [3.8, 4) is 11.5 Å². The standard InChI is InChI=1S/C25H27NO7/c27-22(13-9-18-7-10-19(11-8-18)26(28)29)21-17-20(32-24-5-1-3-15-30-24)12-14-23(21)33-25-6-2-4-16-31-25/h7-14,17,24-25H,1-6,15-16H2/b13-9+. The molecular formula is C25H27NO7. The quantitative estimate of drug-likeness (QED) is 0.231. The van der Waals surface area contributed by atoms with Gasteiger partial charge in [0.05, 0.1) is 23.7 Å². The van der Waals surface area contributed by atoms with Gasteiger partial charge in [-0.25, -0.2) is 0 Å². The van der Waals surface area contributed by atoms with Crippen LogP contribution in [0.15, 0.2) is 48.5 Å². The van der Waals surface area contributed by atoms with Gasteiger partial charge in [-0.3, -0.25) is 14.9 Å². The van der Waals surface area contributed by atoms with Crippen molar-refractivity contribution in [1.82, 2.24) is 0 Å². The van der Waals surface area contributed by atoms with Crippen LogP contribution in [0.3, 0.4) is 0 Å². The topological polar surface area (TPSA) is 97.1 Å². The van der Waals surface area contributed by atoms with Gasteiger partial charge in [-0.05, 0) is 67.7 Å². The Kier molecular flexibility index (Phi) is 7.70. The molecule has 2 aromatic rings. The average Bonchev–Trinajstić information content (AvgIpc) is 2.85. The fourth-order valence-electron chi connectivity index (χ4n) is 3.75. The van der Waals surface area contributed by atoms with Gasteiger partial charge in [0.2, 0.25) is 0 Å². The number of nitrogens with zero attached hydrogens (tertiary/aromatic N) is 1. The van der Waals surface area contributed by atoms with Crippen molar-refractivity contribution in [2.75, 3.05) is 13.2 Å². The van der Waals surface area contributed by atoms with Crippen molar-refractivity contribution < 1.29 is 28.7 Å². The van der Waals surface area contributed by atoms with E-state index in [1.54, 1.807) is 36.4 Å². The Balaban J connectivity index is 1.53. The molecule has 0 amide bonds. The van der Waals surface area contributed by atoms with Crippen molar-refractivity contribution in [3.63, 3.8) is 0 Å². The van der Waals surface area contributed by atoms with Gasteiger partial charge in [0.15, 0.2) is 18.4 Å². The van der Waals surface area contributed by atoms with E-state index in [-0.39, 0.29) is 17.8 Å². The van der Waals surface area contributed by atoms with E-state index < -0.39 is 11.2 Å². The highest BCUT2D eigenvalue weighted by atomic mass is 16.7. The summed E-state index contributed by atoms with van der Waals surface area (Å²) in [5.74, 6) is 0.692. The molecule has 0 bridgehead atoms. The van der Waals surface area contributed by atoms with E-state index in [2.05, 4.69) is 0 Å². The van der Waals surface area contributed by atoms with Crippen molar-refractivity contribution in [1.29, 1.82) is 0 Å². The van der Waals surface area contributed by atoms with E-state index in [1.807, 2.05) is 0 Å². The zero-order valence-corrected chi connectivity index (χ0v) is 18.3. The second-order valence-electron chi connectivity index (χ2n) is 8.03. The Labute approximate surface area is 192 Å². The predicted octanol–water partition coefficient (Wildman–Crippen LogP) is 5.30. The molecule has 2 fully saturated rings. The molecule has 2 aromatic carbocycles. The maximum absolute atomic E-state index is 13.1. The Morgan fingerprint density at radius 1 is 0.939 bits per heavy atom. The van der Waals surface area contributed by atoms with Crippen LogP contribution in [0.1, 0.15) is 54.4 Å². The minimum absolute atomic E-state index is 0.00331. The zero-order chi connectivity index (χ0) is 23.0. The van der Waals surface area contributed by atoms with Crippen molar-refractivity contribution in [3.05, 3.63) is 69.8 Å². The second-order valence-corrected chi connectivity index (χ2v) is 8.03. The van der Waals surface area contributed by atoms with Gasteiger partial charge in [-0.2, -0.15) is 0 Å². The molecule has 2 unspecified atom stereocenters. The summed E-state index contributed by atoms with van der Waals surface area (Å²) in [4.78, 5) is 23.5. The number of allylic oxidation sites excluding steroid dienone is 1. The third-order valence-electron chi connectivity index (χ3n) is 5.55. The van der Waals surface area contributed by atoms with Crippen LogP contribution in [-0.4, -0.2) is 36.5 Å². The van der Waals surface area contributed by atoms with Gasteiger partial charge in [0.25, 0.3) is 5.69 Å². The molecule has 8 nitrogen and oxygen atoms in total. The van der Waals surface area contributed by atoms with Crippen LogP contribution in [0.25, 0.3) is 6.08 Å². The van der Waals surface area contributed by atoms with Crippen LogP contribution < -0.4 is 9.47 Å². The highest BCUT2D eigenvalue weighted by Crippen LogP contribution is 2.30. The number of hydrogen-bond acceptors (Lipinski definition) is 7. The number of ketones is 1. The monoisotopic (exact) mass is 453 g/mol. The van der Waals surface area contributed by atoms with E-state index in [4.69, 9.17) is 18.9 Å². The molecule has 2 aliphatic rings. The van der Waals surface area contributed by atoms with E-state index in [9.17, 15) is 14.9 Å². The molecule has 4 rings (SSSR count). The maximum Gasteiger partial charge on any atom is 0.269 e. The lowest BCUT2D eigenvalue weighted by Gasteiger charge is -2.25. The minimum atomic E-state index is -0.461. The summed E-state index contributed by atoms with van der Waals surface area (Å²) >= 11 is 0. The first-order valence-corrected chi connectivity index (χ1v) is 11.3. The summed E-state index contributed by atoms with van der Waals surface area (Å²) in [6.45, 7) is 1.29. The third-order valence-corrected chi connectivity index (χ3v) is 5.55. The molecular weight excluding hydrogens is 426 g/mol. The molecule has 2 aliphatic heterocycles. The Morgan fingerprint density at radius 2 is 1.61 bits per heavy atom. The Bertz CT molecular complexity index is 990. The molecule has 0 spiro atoms. The second kappa shape index (κ2) is 11.1. The predicted molar refractivity (Wildman–Crippen MR) is 121 cm³/mol. The van der Waals surface area contributed by atoms with Gasteiger partial charge in [0, 0.05) is 25.0 Å². The fraction of sp³-hybridized carbons (Fsp3) is 0.400. The minimum Gasteiger partial charge on any atom is -0.465 e. The normalized spacial score (nSPS) is 21.0. The molecule has 2 heterocycles. The number of non-ortho nitro benzene ring substituents is 1. The number of benzene rings is 2. The smallest absolute Gasteiger partial charge is 0.269 e. The summed E-state index contributed by atoms with van der Waals surface area (Å²) in [5.41, 5.74) is 1.03. The van der Waals surface area contributed by atoms with Crippen LogP contribution in [-0.2, 0) is 9.47 Å². The zero-order valence-electron chi connectivity index (χ0n) is 18.3. The highest BCUT2D eigenvalue weighted by Gasteiger charge is 2.21. The number of carbonyl (C=O) groups is 1. The molecule has 2 saturated heterocycles. The van der Waals surface area contributed by atoms with Gasteiger partial charge in [-0.1, -0.05) is 6.08 Å². The first-order valence-electron chi connectivity index (χ1n) is 11.3. The molecule has 2 atom stereocenters. The maximum atomic E-state index is 13.1. The fourth-order valence-corrected chi connectivity index (χ4v) is 3.75. The van der Waals surface area contributed by atoms with Crippen LogP contribution in [0, 0.1) is 10.1 Å². The van der Waals surface area contributed by atoms with Crippen LogP contribution in [0.4, 0.5) is 5.69 Å². The number of ether oxygens (including phenoxy) is 4. The lowest BCUT2D eigenvalue weighted by atomic mass is 10.1. The van der Waals surface area contributed by atoms with Gasteiger partial charge >= 0.3 is 0 Å². The molecule has 8 heteroatoms. The van der Waals surface area contributed by atoms with E-state index >= 15 is 0 Å². The summed E-state index contributed by atoms with van der Waals surface area (Å²) in [6.07, 6.45) is 7.95. The largest absolute Gasteiger partial charge is 0.465 e. The van der Waals surface area contributed by atoms with Crippen LogP contribution in [0.5, 0.6) is 11.5 Å². The third kappa shape index (κ3) is 6.40. The first-order chi connectivity index (χ1) is 16.1. The van der Waals surface area contributed by atoms with E-state index in [0.29, 0.717) is 35.8 Å². The Hall–Kier alpha value is -3.23. The van der Waals surface area contributed by atoms with Crippen LogP contribution >= 0.6 is 0 Å². The lowest BCUT2D eigenvalue weighted by molar-refractivity contribution is -0.384. The molecule has 0 radical (unpaired) electrons. The van der Waals surface area contributed by atoms with Gasteiger partial charge in [0.1, 0.15) is 11.5 Å². The summed E-state index contributed by atoms with van der Waals surface area (Å²) in [6, 6.07) is 11.1. The van der Waals surface area contributed by atoms with Crippen molar-refractivity contribution >= 4 is 17.5 Å². The number of nitro groups is 1. The molecule has 0 aliphatic carbocycles. The average molecular weight is 453 g/mol. The van der Waals surface area contributed by atoms with Crippen molar-refractivity contribution in [2.45, 2.75) is 51.1 Å². The van der Waals surface area contributed by atoms with E-state index in [0.717, 1.165) is 38.5 Å². The first kappa shape index (κ1) is 22.9. The van der Waals surface area contributed by atoms with Crippen LogP contribution in [0.2, 0.25) is 0 Å². The number of carbonyl (C=O) groups excluding carboxylic acids is 1. The number of rotatable bonds is 8. The highest BCUT2D eigenvalue weighted by molar-refractivity contribution is 6.08. The van der Waals surface area contributed by atoms with Crippen molar-refractivity contribution in [2.24, 2.45) is 0 Å². The molecule has 174 valence electrons. The Morgan fingerprint density at radius 3 is 2.21 bits per heavy atom. The number of nitro benzene ring substituents is 1. The molecule has 0 aromatic heterocycles. The van der Waals surface area contributed by atoms with E-state index in [1.165, 1.54) is 18.2 Å².